The van der Waals surface area contributed by atoms with Crippen molar-refractivity contribution >= 4 is 29.2 Å². The minimum atomic E-state index is -0.592. The van der Waals surface area contributed by atoms with Gasteiger partial charge in [0.15, 0.2) is 11.6 Å². The third kappa shape index (κ3) is 5.66. The van der Waals surface area contributed by atoms with Gasteiger partial charge in [-0.25, -0.2) is 9.97 Å². The molecular weight excluding hydrogens is 394 g/mol. The number of ether oxygens (including phenoxy) is 1. The molecule has 10 heteroatoms. The van der Waals surface area contributed by atoms with Crippen LogP contribution < -0.4 is 15.6 Å². The Hall–Kier alpha value is -3.66. The van der Waals surface area contributed by atoms with Gasteiger partial charge in [-0.05, 0) is 31.2 Å². The third-order valence-electron chi connectivity index (χ3n) is 3.64. The van der Waals surface area contributed by atoms with Crippen LogP contribution in [0.2, 0.25) is 0 Å². The second-order valence-electron chi connectivity index (χ2n) is 5.82. The highest BCUT2D eigenvalue weighted by Crippen LogP contribution is 2.36. The zero-order valence-electron chi connectivity index (χ0n) is 15.4. The van der Waals surface area contributed by atoms with Gasteiger partial charge in [0.05, 0.1) is 4.92 Å². The summed E-state index contributed by atoms with van der Waals surface area (Å²) < 4.78 is 5.32. The molecule has 0 atom stereocenters. The van der Waals surface area contributed by atoms with Crippen LogP contribution in [0.3, 0.4) is 0 Å². The molecule has 0 aliphatic carbocycles. The molecular formula is C19H17N5O4S. The summed E-state index contributed by atoms with van der Waals surface area (Å²) in [6.45, 7) is 1.69. The Kier molecular flexibility index (Phi) is 6.59. The van der Waals surface area contributed by atoms with Crippen LogP contribution in [-0.2, 0) is 4.79 Å². The number of carbonyl (C=O) groups is 1. The van der Waals surface area contributed by atoms with Gasteiger partial charge in [-0.1, -0.05) is 47.7 Å². The Labute approximate surface area is 170 Å². The van der Waals surface area contributed by atoms with E-state index in [1.54, 1.807) is 24.3 Å². The first-order chi connectivity index (χ1) is 14.0. The van der Waals surface area contributed by atoms with Crippen LogP contribution in [0.5, 0.6) is 5.75 Å². The minimum absolute atomic E-state index is 0.118. The second-order valence-corrected chi connectivity index (χ2v) is 6.89. The van der Waals surface area contributed by atoms with Crippen LogP contribution in [0.25, 0.3) is 0 Å². The van der Waals surface area contributed by atoms with E-state index in [1.165, 1.54) is 6.33 Å². The van der Waals surface area contributed by atoms with Gasteiger partial charge >= 0.3 is 5.69 Å². The van der Waals surface area contributed by atoms with Gasteiger partial charge in [0.2, 0.25) is 5.82 Å². The number of benzene rings is 2. The maximum absolute atomic E-state index is 12.0. The minimum Gasteiger partial charge on any atom is -0.484 e. The Bertz CT molecular complexity index is 999. The zero-order valence-corrected chi connectivity index (χ0v) is 16.2. The smallest absolute Gasteiger partial charge is 0.345 e. The highest BCUT2D eigenvalue weighted by atomic mass is 32.2. The first-order valence-electron chi connectivity index (χ1n) is 8.49. The van der Waals surface area contributed by atoms with Crippen molar-refractivity contribution in [1.29, 1.82) is 0 Å². The number of anilines is 1. The molecule has 1 aromatic heterocycles. The van der Waals surface area contributed by atoms with Gasteiger partial charge in [-0.3, -0.25) is 25.8 Å². The van der Waals surface area contributed by atoms with Crippen LogP contribution >= 0.6 is 11.8 Å². The number of amides is 1. The number of hydrogen-bond donors (Lipinski definition) is 2. The maximum atomic E-state index is 12.0. The monoisotopic (exact) mass is 411 g/mol. The van der Waals surface area contributed by atoms with E-state index in [2.05, 4.69) is 20.8 Å². The SMILES string of the molecule is Cc1ccc(Sc2ncnc(NNC(=O)COc3ccccc3)c2[N+](=O)[O-])cc1. The summed E-state index contributed by atoms with van der Waals surface area (Å²) in [5.41, 5.74) is 5.57. The molecule has 0 spiro atoms. The lowest BCUT2D eigenvalue weighted by molar-refractivity contribution is -0.387. The van der Waals surface area contributed by atoms with Crippen LogP contribution in [0.4, 0.5) is 11.5 Å². The van der Waals surface area contributed by atoms with Crippen molar-refractivity contribution in [3.8, 4) is 5.75 Å². The van der Waals surface area contributed by atoms with E-state index in [0.29, 0.717) is 5.75 Å². The van der Waals surface area contributed by atoms with Gasteiger partial charge < -0.3 is 4.74 Å². The summed E-state index contributed by atoms with van der Waals surface area (Å²) >= 11 is 1.14. The van der Waals surface area contributed by atoms with E-state index < -0.39 is 10.8 Å². The standard InChI is InChI=1S/C19H17N5O4S/c1-13-7-9-15(10-8-13)29-19-17(24(26)27)18(20-12-21-19)23-22-16(25)11-28-14-5-3-2-4-6-14/h2-10,12H,11H2,1H3,(H,22,25)(H,20,21,23). The Morgan fingerprint density at radius 1 is 1.14 bits per heavy atom. The molecule has 0 fully saturated rings. The van der Waals surface area contributed by atoms with Crippen molar-refractivity contribution in [2.24, 2.45) is 0 Å². The summed E-state index contributed by atoms with van der Waals surface area (Å²) in [6, 6.07) is 16.3. The molecule has 0 aliphatic heterocycles. The molecule has 9 nitrogen and oxygen atoms in total. The predicted molar refractivity (Wildman–Crippen MR) is 108 cm³/mol. The summed E-state index contributed by atoms with van der Waals surface area (Å²) in [7, 11) is 0. The summed E-state index contributed by atoms with van der Waals surface area (Å²) in [5, 5.41) is 11.7. The van der Waals surface area contributed by atoms with E-state index in [-0.39, 0.29) is 23.1 Å². The summed E-state index contributed by atoms with van der Waals surface area (Å²) in [6.07, 6.45) is 1.19. The number of nitrogens with zero attached hydrogens (tertiary/aromatic N) is 3. The van der Waals surface area contributed by atoms with Crippen LogP contribution in [0.15, 0.2) is 70.8 Å². The molecule has 0 unspecified atom stereocenters. The first kappa shape index (κ1) is 20.1. The second kappa shape index (κ2) is 9.51. The van der Waals surface area contributed by atoms with Gasteiger partial charge in [-0.2, -0.15) is 0 Å². The van der Waals surface area contributed by atoms with E-state index in [4.69, 9.17) is 4.74 Å². The normalized spacial score (nSPS) is 10.2. The number of para-hydroxylation sites is 1. The zero-order chi connectivity index (χ0) is 20.6. The van der Waals surface area contributed by atoms with E-state index in [9.17, 15) is 14.9 Å². The fourth-order valence-corrected chi connectivity index (χ4v) is 3.11. The molecule has 0 radical (unpaired) electrons. The van der Waals surface area contributed by atoms with Crippen molar-refractivity contribution in [2.75, 3.05) is 12.0 Å². The molecule has 2 aromatic carbocycles. The van der Waals surface area contributed by atoms with Crippen molar-refractivity contribution in [2.45, 2.75) is 16.8 Å². The molecule has 2 N–H and O–H groups in total. The Morgan fingerprint density at radius 3 is 2.55 bits per heavy atom. The Balaban J connectivity index is 1.67. The number of carbonyl (C=O) groups excluding carboxylic acids is 1. The number of nitro groups is 1. The molecule has 3 aromatic rings. The molecule has 1 heterocycles. The highest BCUT2D eigenvalue weighted by Gasteiger charge is 2.24. The lowest BCUT2D eigenvalue weighted by Crippen LogP contribution is -2.34. The average molecular weight is 411 g/mol. The van der Waals surface area contributed by atoms with Crippen molar-refractivity contribution in [1.82, 2.24) is 15.4 Å². The average Bonchev–Trinajstić information content (AvgIpc) is 2.73. The fraction of sp³-hybridized carbons (Fsp3) is 0.105. The van der Waals surface area contributed by atoms with Gasteiger partial charge in [0.25, 0.3) is 5.91 Å². The molecule has 29 heavy (non-hydrogen) atoms. The molecule has 3 rings (SSSR count). The number of hydrogen-bond acceptors (Lipinski definition) is 8. The molecule has 1 amide bonds. The van der Waals surface area contributed by atoms with Crippen LogP contribution in [0.1, 0.15) is 5.56 Å². The lowest BCUT2D eigenvalue weighted by atomic mass is 10.2. The molecule has 148 valence electrons. The quantitative estimate of drug-likeness (QED) is 0.329. The summed E-state index contributed by atoms with van der Waals surface area (Å²) in [5.74, 6) is -0.102. The molecule has 0 saturated heterocycles. The van der Waals surface area contributed by atoms with Crippen molar-refractivity contribution in [3.63, 3.8) is 0 Å². The van der Waals surface area contributed by atoms with Gasteiger partial charge in [0, 0.05) is 4.90 Å². The molecule has 0 saturated carbocycles. The van der Waals surface area contributed by atoms with Crippen molar-refractivity contribution in [3.05, 3.63) is 76.6 Å². The summed E-state index contributed by atoms with van der Waals surface area (Å²) in [4.78, 5) is 31.6. The number of rotatable bonds is 8. The fourth-order valence-electron chi connectivity index (χ4n) is 2.24. The van der Waals surface area contributed by atoms with Crippen LogP contribution in [0, 0.1) is 17.0 Å². The Morgan fingerprint density at radius 2 is 1.86 bits per heavy atom. The highest BCUT2D eigenvalue weighted by molar-refractivity contribution is 7.99. The van der Waals surface area contributed by atoms with Crippen LogP contribution in [-0.4, -0.2) is 27.4 Å². The number of hydrazine groups is 1. The number of aryl methyl sites for hydroxylation is 1. The van der Waals surface area contributed by atoms with E-state index >= 15 is 0 Å². The van der Waals surface area contributed by atoms with E-state index in [0.717, 1.165) is 22.2 Å². The number of aromatic nitrogens is 2. The largest absolute Gasteiger partial charge is 0.484 e. The number of nitrogens with one attached hydrogen (secondary N) is 2. The van der Waals surface area contributed by atoms with E-state index in [1.807, 2.05) is 37.3 Å². The topological polar surface area (TPSA) is 119 Å². The first-order valence-corrected chi connectivity index (χ1v) is 9.31. The molecule has 0 aliphatic rings. The lowest BCUT2D eigenvalue weighted by Gasteiger charge is -2.10. The van der Waals surface area contributed by atoms with Crippen molar-refractivity contribution < 1.29 is 14.5 Å². The van der Waals surface area contributed by atoms with Gasteiger partial charge in [-0.15, -0.1) is 0 Å². The molecule has 0 bridgehead atoms. The maximum Gasteiger partial charge on any atom is 0.345 e. The third-order valence-corrected chi connectivity index (χ3v) is 4.64. The van der Waals surface area contributed by atoms with Gasteiger partial charge in [0.1, 0.15) is 12.1 Å². The predicted octanol–water partition coefficient (Wildman–Crippen LogP) is 3.37.